The molecule has 0 saturated carbocycles. The first-order valence-electron chi connectivity index (χ1n) is 11.8. The SMILES string of the molecule is COc1ccc(Cn2c(=O)c3c(Oc4ccc(C)nc4)cc(=O)n(C)c3n(-c3ccc(I)cc3F)c2=O)cc1. The Morgan fingerprint density at radius 2 is 1.69 bits per heavy atom. The lowest BCUT2D eigenvalue weighted by Gasteiger charge is -2.19. The van der Waals surface area contributed by atoms with Gasteiger partial charge >= 0.3 is 5.69 Å². The van der Waals surface area contributed by atoms with Crippen LogP contribution in [0.3, 0.4) is 0 Å². The van der Waals surface area contributed by atoms with Crippen LogP contribution in [0.2, 0.25) is 0 Å². The number of fused-ring (bicyclic) bond motifs is 1. The summed E-state index contributed by atoms with van der Waals surface area (Å²) in [6.07, 6.45) is 1.46. The largest absolute Gasteiger partial charge is 0.497 e. The highest BCUT2D eigenvalue weighted by atomic mass is 127. The number of pyridine rings is 2. The van der Waals surface area contributed by atoms with E-state index in [9.17, 15) is 14.4 Å². The Labute approximate surface area is 234 Å². The fraction of sp³-hybridized carbons (Fsp3) is 0.143. The zero-order valence-corrected chi connectivity index (χ0v) is 23.3. The second-order valence-electron chi connectivity index (χ2n) is 8.79. The number of nitrogens with zero attached hydrogens (tertiary/aromatic N) is 4. The maximum Gasteiger partial charge on any atom is 0.337 e. The molecule has 0 amide bonds. The number of methoxy groups -OCH3 is 1. The van der Waals surface area contributed by atoms with Crippen molar-refractivity contribution in [2.24, 2.45) is 7.05 Å². The van der Waals surface area contributed by atoms with Gasteiger partial charge in [0.05, 0.1) is 25.5 Å². The summed E-state index contributed by atoms with van der Waals surface area (Å²) in [6.45, 7) is 1.70. The molecule has 0 bridgehead atoms. The van der Waals surface area contributed by atoms with Gasteiger partial charge in [-0.25, -0.2) is 13.8 Å². The van der Waals surface area contributed by atoms with Crippen molar-refractivity contribution in [3.63, 3.8) is 0 Å². The molecule has 0 spiro atoms. The summed E-state index contributed by atoms with van der Waals surface area (Å²) in [5, 5.41) is -0.0660. The van der Waals surface area contributed by atoms with Gasteiger partial charge in [-0.15, -0.1) is 0 Å². The van der Waals surface area contributed by atoms with Gasteiger partial charge in [-0.2, -0.15) is 0 Å². The van der Waals surface area contributed by atoms with E-state index in [0.29, 0.717) is 14.9 Å². The van der Waals surface area contributed by atoms with Crippen LogP contribution in [0.15, 0.2) is 81.2 Å². The lowest BCUT2D eigenvalue weighted by atomic mass is 10.2. The summed E-state index contributed by atoms with van der Waals surface area (Å²) in [7, 11) is 2.95. The van der Waals surface area contributed by atoms with Crippen LogP contribution in [-0.4, -0.2) is 25.8 Å². The Kier molecular flexibility index (Phi) is 7.08. The molecule has 0 radical (unpaired) electrons. The predicted octanol–water partition coefficient (Wildman–Crippen LogP) is 4.15. The van der Waals surface area contributed by atoms with E-state index in [0.717, 1.165) is 19.4 Å². The molecule has 39 heavy (non-hydrogen) atoms. The first-order valence-corrected chi connectivity index (χ1v) is 12.8. The van der Waals surface area contributed by atoms with Gasteiger partial charge in [-0.3, -0.25) is 23.7 Å². The molecule has 0 saturated heterocycles. The van der Waals surface area contributed by atoms with Crippen LogP contribution >= 0.6 is 22.6 Å². The highest BCUT2D eigenvalue weighted by molar-refractivity contribution is 14.1. The third kappa shape index (κ3) is 4.97. The standard InChI is InChI=1S/C28H22FIN4O5/c1-16-4-8-20(14-31-16)39-23-13-24(35)32(2)26-25(23)27(36)33(15-17-5-9-19(38-3)10-6-17)28(37)34(26)22-11-7-18(30)12-21(22)29/h4-14H,15H2,1-3H3. The maximum absolute atomic E-state index is 15.3. The van der Waals surface area contributed by atoms with E-state index in [1.165, 1.54) is 38.6 Å². The molecule has 0 aliphatic rings. The van der Waals surface area contributed by atoms with Gasteiger partial charge in [0.2, 0.25) is 0 Å². The molecule has 198 valence electrons. The van der Waals surface area contributed by atoms with Gasteiger partial charge in [0.15, 0.2) is 0 Å². The molecule has 0 N–H and O–H groups in total. The number of rotatable bonds is 6. The molecule has 3 aromatic heterocycles. The van der Waals surface area contributed by atoms with Crippen LogP contribution in [0.5, 0.6) is 17.2 Å². The predicted molar refractivity (Wildman–Crippen MR) is 153 cm³/mol. The molecule has 5 rings (SSSR count). The van der Waals surface area contributed by atoms with Crippen LogP contribution in [0.25, 0.3) is 16.7 Å². The molecule has 0 fully saturated rings. The topological polar surface area (TPSA) is 97.3 Å². The van der Waals surface area contributed by atoms with Crippen molar-refractivity contribution in [3.05, 3.63) is 119 Å². The van der Waals surface area contributed by atoms with Crippen molar-refractivity contribution in [2.75, 3.05) is 7.11 Å². The monoisotopic (exact) mass is 640 g/mol. The lowest BCUT2D eigenvalue weighted by molar-refractivity contribution is 0.414. The minimum atomic E-state index is -0.812. The van der Waals surface area contributed by atoms with Crippen molar-refractivity contribution in [1.29, 1.82) is 0 Å². The number of benzene rings is 2. The van der Waals surface area contributed by atoms with Crippen LogP contribution in [-0.2, 0) is 13.6 Å². The minimum absolute atomic E-state index is 0.0660. The Balaban J connectivity index is 1.86. The van der Waals surface area contributed by atoms with E-state index in [1.807, 2.05) is 29.5 Å². The summed E-state index contributed by atoms with van der Waals surface area (Å²) < 4.78 is 30.2. The average Bonchev–Trinajstić information content (AvgIpc) is 2.91. The van der Waals surface area contributed by atoms with E-state index in [-0.39, 0.29) is 34.8 Å². The van der Waals surface area contributed by atoms with E-state index < -0.39 is 22.6 Å². The number of halogens is 2. The van der Waals surface area contributed by atoms with E-state index in [4.69, 9.17) is 9.47 Å². The molecule has 0 aliphatic carbocycles. The molecule has 0 aliphatic heterocycles. The second kappa shape index (κ2) is 10.5. The van der Waals surface area contributed by atoms with Crippen molar-refractivity contribution in [2.45, 2.75) is 13.5 Å². The van der Waals surface area contributed by atoms with Crippen LogP contribution in [0.1, 0.15) is 11.3 Å². The van der Waals surface area contributed by atoms with Crippen LogP contribution in [0, 0.1) is 16.3 Å². The van der Waals surface area contributed by atoms with Crippen molar-refractivity contribution < 1.29 is 13.9 Å². The molecule has 5 aromatic rings. The van der Waals surface area contributed by atoms with Gasteiger partial charge in [0, 0.05) is 22.4 Å². The first kappa shape index (κ1) is 26.4. The highest BCUT2D eigenvalue weighted by Gasteiger charge is 2.23. The van der Waals surface area contributed by atoms with E-state index in [2.05, 4.69) is 4.98 Å². The molecular formula is C28H22FIN4O5. The van der Waals surface area contributed by atoms with Gasteiger partial charge in [-0.1, -0.05) is 12.1 Å². The third-order valence-electron chi connectivity index (χ3n) is 6.23. The summed E-state index contributed by atoms with van der Waals surface area (Å²) >= 11 is 1.96. The zero-order chi connectivity index (χ0) is 27.8. The van der Waals surface area contributed by atoms with Crippen LogP contribution < -0.4 is 26.3 Å². The first-order chi connectivity index (χ1) is 18.7. The molecule has 9 nitrogen and oxygen atoms in total. The van der Waals surface area contributed by atoms with E-state index in [1.54, 1.807) is 42.5 Å². The molecule has 0 atom stereocenters. The zero-order valence-electron chi connectivity index (χ0n) is 21.1. The highest BCUT2D eigenvalue weighted by Crippen LogP contribution is 2.27. The van der Waals surface area contributed by atoms with Crippen LogP contribution in [0.4, 0.5) is 4.39 Å². The fourth-order valence-corrected chi connectivity index (χ4v) is 4.67. The van der Waals surface area contributed by atoms with Crippen molar-refractivity contribution in [1.82, 2.24) is 18.7 Å². The summed E-state index contributed by atoms with van der Waals surface area (Å²) in [5.74, 6) is 0.128. The second-order valence-corrected chi connectivity index (χ2v) is 10.0. The van der Waals surface area contributed by atoms with Gasteiger partial charge in [0.25, 0.3) is 11.1 Å². The van der Waals surface area contributed by atoms with Gasteiger partial charge < -0.3 is 9.47 Å². The molecule has 2 aromatic carbocycles. The lowest BCUT2D eigenvalue weighted by Crippen LogP contribution is -2.42. The fourth-order valence-electron chi connectivity index (χ4n) is 4.21. The van der Waals surface area contributed by atoms with Gasteiger partial charge in [-0.05, 0) is 77.5 Å². The summed E-state index contributed by atoms with van der Waals surface area (Å²) in [4.78, 5) is 45.1. The normalized spacial score (nSPS) is 11.1. The quantitative estimate of drug-likeness (QED) is 0.259. The Hall–Kier alpha value is -4.26. The van der Waals surface area contributed by atoms with E-state index >= 15 is 4.39 Å². The smallest absolute Gasteiger partial charge is 0.337 e. The van der Waals surface area contributed by atoms with Crippen molar-refractivity contribution in [3.8, 4) is 22.9 Å². The number of aromatic nitrogens is 4. The average molecular weight is 640 g/mol. The minimum Gasteiger partial charge on any atom is -0.497 e. The maximum atomic E-state index is 15.3. The summed E-state index contributed by atoms with van der Waals surface area (Å²) in [5.41, 5.74) is -0.882. The number of hydrogen-bond donors (Lipinski definition) is 0. The molecule has 0 unspecified atom stereocenters. The Morgan fingerprint density at radius 1 is 0.974 bits per heavy atom. The third-order valence-corrected chi connectivity index (χ3v) is 6.90. The van der Waals surface area contributed by atoms with Crippen molar-refractivity contribution >= 4 is 33.6 Å². The number of ether oxygens (including phenoxy) is 2. The number of hydrogen-bond acceptors (Lipinski definition) is 6. The Bertz CT molecular complexity index is 1890. The number of aryl methyl sites for hydroxylation is 2. The molecule has 11 heteroatoms. The molecule has 3 heterocycles. The van der Waals surface area contributed by atoms with Gasteiger partial charge in [0.1, 0.15) is 34.1 Å². The Morgan fingerprint density at radius 3 is 2.33 bits per heavy atom. The molecular weight excluding hydrogens is 618 g/mol. The summed E-state index contributed by atoms with van der Waals surface area (Å²) in [6, 6.07) is 15.7.